The summed E-state index contributed by atoms with van der Waals surface area (Å²) >= 11 is 0. The number of aromatic carboxylic acids is 1. The van der Waals surface area contributed by atoms with Crippen molar-refractivity contribution in [1.82, 2.24) is 14.9 Å². The summed E-state index contributed by atoms with van der Waals surface area (Å²) in [6, 6.07) is 4.08. The number of pyridine rings is 2. The van der Waals surface area contributed by atoms with Gasteiger partial charge in [-0.3, -0.25) is 14.9 Å². The number of aromatic nitrogens is 2. The quantitative estimate of drug-likeness (QED) is 0.930. The zero-order valence-electron chi connectivity index (χ0n) is 13.3. The number of fused-ring (bicyclic) bond motifs is 1. The summed E-state index contributed by atoms with van der Waals surface area (Å²) in [5.41, 5.74) is 3.49. The molecule has 0 saturated carbocycles. The molecule has 24 heavy (non-hydrogen) atoms. The SMILES string of the molecule is O=C(O)c1c(-c2cccnc2)ncc2c1CCN(C1CCOC1)C2. The summed E-state index contributed by atoms with van der Waals surface area (Å²) in [4.78, 5) is 22.8. The van der Waals surface area contributed by atoms with E-state index in [0.717, 1.165) is 55.8 Å². The van der Waals surface area contributed by atoms with Gasteiger partial charge in [-0.1, -0.05) is 0 Å². The second kappa shape index (κ2) is 6.30. The van der Waals surface area contributed by atoms with Crippen LogP contribution in [0.5, 0.6) is 0 Å². The van der Waals surface area contributed by atoms with Gasteiger partial charge in [0.2, 0.25) is 0 Å². The maximum Gasteiger partial charge on any atom is 0.338 e. The van der Waals surface area contributed by atoms with E-state index in [1.165, 1.54) is 0 Å². The molecule has 0 radical (unpaired) electrons. The lowest BCUT2D eigenvalue weighted by Crippen LogP contribution is -2.40. The third-order valence-electron chi connectivity index (χ3n) is 4.87. The summed E-state index contributed by atoms with van der Waals surface area (Å²) in [7, 11) is 0. The van der Waals surface area contributed by atoms with Gasteiger partial charge in [0.15, 0.2) is 0 Å². The molecule has 0 bridgehead atoms. The van der Waals surface area contributed by atoms with Crippen molar-refractivity contribution in [2.45, 2.75) is 25.4 Å². The van der Waals surface area contributed by atoms with Crippen LogP contribution in [0.15, 0.2) is 30.7 Å². The van der Waals surface area contributed by atoms with Crippen LogP contribution >= 0.6 is 0 Å². The van der Waals surface area contributed by atoms with E-state index < -0.39 is 5.97 Å². The van der Waals surface area contributed by atoms with Crippen molar-refractivity contribution in [3.63, 3.8) is 0 Å². The molecule has 124 valence electrons. The molecule has 1 unspecified atom stereocenters. The van der Waals surface area contributed by atoms with Crippen LogP contribution < -0.4 is 0 Å². The highest BCUT2D eigenvalue weighted by atomic mass is 16.5. The first-order valence-corrected chi connectivity index (χ1v) is 8.20. The van der Waals surface area contributed by atoms with Crippen molar-refractivity contribution in [3.05, 3.63) is 47.4 Å². The average molecular weight is 325 g/mol. The van der Waals surface area contributed by atoms with E-state index in [2.05, 4.69) is 14.9 Å². The molecule has 1 atom stereocenters. The number of carboxylic acid groups (broad SMARTS) is 1. The van der Waals surface area contributed by atoms with E-state index in [4.69, 9.17) is 4.74 Å². The summed E-state index contributed by atoms with van der Waals surface area (Å²) in [6.45, 7) is 3.18. The Bertz CT molecular complexity index is 758. The molecule has 0 spiro atoms. The van der Waals surface area contributed by atoms with E-state index in [1.807, 2.05) is 12.3 Å². The number of hydrogen-bond acceptors (Lipinski definition) is 5. The molecular weight excluding hydrogens is 306 g/mol. The number of ether oxygens (including phenoxy) is 1. The van der Waals surface area contributed by atoms with Crippen LogP contribution in [-0.2, 0) is 17.7 Å². The van der Waals surface area contributed by atoms with Crippen molar-refractivity contribution >= 4 is 5.97 Å². The molecule has 0 aliphatic carbocycles. The van der Waals surface area contributed by atoms with Gasteiger partial charge in [-0.25, -0.2) is 4.79 Å². The Labute approximate surface area is 140 Å². The number of nitrogens with zero attached hydrogens (tertiary/aromatic N) is 3. The molecule has 1 fully saturated rings. The van der Waals surface area contributed by atoms with Crippen molar-refractivity contribution in [3.8, 4) is 11.3 Å². The van der Waals surface area contributed by atoms with Gasteiger partial charge < -0.3 is 9.84 Å². The van der Waals surface area contributed by atoms with Gasteiger partial charge in [-0.05, 0) is 36.1 Å². The van der Waals surface area contributed by atoms with Crippen molar-refractivity contribution in [2.24, 2.45) is 0 Å². The maximum atomic E-state index is 11.9. The molecule has 2 aromatic rings. The lowest BCUT2D eigenvalue weighted by atomic mass is 9.92. The molecule has 4 rings (SSSR count). The Balaban J connectivity index is 1.73. The Morgan fingerprint density at radius 2 is 2.29 bits per heavy atom. The Kier molecular flexibility index (Phi) is 4.00. The zero-order chi connectivity index (χ0) is 16.5. The van der Waals surface area contributed by atoms with Gasteiger partial charge in [0.1, 0.15) is 0 Å². The maximum absolute atomic E-state index is 11.9. The Hall–Kier alpha value is -2.31. The molecule has 4 heterocycles. The lowest BCUT2D eigenvalue weighted by Gasteiger charge is -2.33. The van der Waals surface area contributed by atoms with Crippen LogP contribution in [0.25, 0.3) is 11.3 Å². The fourth-order valence-electron chi connectivity index (χ4n) is 3.64. The smallest absolute Gasteiger partial charge is 0.338 e. The van der Waals surface area contributed by atoms with Gasteiger partial charge in [-0.15, -0.1) is 0 Å². The third-order valence-corrected chi connectivity index (χ3v) is 4.87. The lowest BCUT2D eigenvalue weighted by molar-refractivity contribution is 0.0694. The summed E-state index contributed by atoms with van der Waals surface area (Å²) in [5.74, 6) is -0.921. The minimum Gasteiger partial charge on any atom is -0.478 e. The molecule has 2 aliphatic heterocycles. The largest absolute Gasteiger partial charge is 0.478 e. The van der Waals surface area contributed by atoms with Gasteiger partial charge in [0.05, 0.1) is 17.9 Å². The van der Waals surface area contributed by atoms with E-state index >= 15 is 0 Å². The highest BCUT2D eigenvalue weighted by Gasteiger charge is 2.30. The van der Waals surface area contributed by atoms with Crippen LogP contribution in [0.4, 0.5) is 0 Å². The molecule has 0 amide bonds. The predicted molar refractivity (Wildman–Crippen MR) is 87.8 cm³/mol. The van der Waals surface area contributed by atoms with Crippen LogP contribution in [0.1, 0.15) is 27.9 Å². The number of carbonyl (C=O) groups is 1. The second-order valence-electron chi connectivity index (χ2n) is 6.27. The molecule has 6 heteroatoms. The van der Waals surface area contributed by atoms with Gasteiger partial charge in [0.25, 0.3) is 0 Å². The average Bonchev–Trinajstić information content (AvgIpc) is 3.15. The Morgan fingerprint density at radius 3 is 3.00 bits per heavy atom. The predicted octanol–water partition coefficient (Wildman–Crippen LogP) is 1.99. The van der Waals surface area contributed by atoms with E-state index in [-0.39, 0.29) is 0 Å². The first-order chi connectivity index (χ1) is 11.7. The molecule has 1 saturated heterocycles. The van der Waals surface area contributed by atoms with Gasteiger partial charge >= 0.3 is 5.97 Å². The number of carboxylic acids is 1. The van der Waals surface area contributed by atoms with Gasteiger partial charge in [-0.2, -0.15) is 0 Å². The van der Waals surface area contributed by atoms with Crippen LogP contribution in [0.2, 0.25) is 0 Å². The second-order valence-corrected chi connectivity index (χ2v) is 6.27. The number of rotatable bonds is 3. The third kappa shape index (κ3) is 2.68. The summed E-state index contributed by atoms with van der Waals surface area (Å²) in [5, 5.41) is 9.77. The zero-order valence-corrected chi connectivity index (χ0v) is 13.3. The molecule has 1 N–H and O–H groups in total. The number of hydrogen-bond donors (Lipinski definition) is 1. The van der Waals surface area contributed by atoms with Crippen molar-refractivity contribution < 1.29 is 14.6 Å². The highest BCUT2D eigenvalue weighted by molar-refractivity contribution is 5.96. The van der Waals surface area contributed by atoms with Crippen LogP contribution in [0, 0.1) is 0 Å². The minimum atomic E-state index is -0.921. The van der Waals surface area contributed by atoms with Crippen molar-refractivity contribution in [1.29, 1.82) is 0 Å². The topological polar surface area (TPSA) is 75.5 Å². The Morgan fingerprint density at radius 1 is 1.38 bits per heavy atom. The molecule has 2 aromatic heterocycles. The standard InChI is InChI=1S/C18H19N3O3/c22-18(23)16-15-3-6-21(14-4-7-24-11-14)10-13(15)9-20-17(16)12-2-1-5-19-8-12/h1-2,5,8-9,14H,3-4,6-7,10-11H2,(H,22,23). The fourth-order valence-corrected chi connectivity index (χ4v) is 3.64. The first kappa shape index (κ1) is 15.2. The van der Waals surface area contributed by atoms with Crippen LogP contribution in [0.3, 0.4) is 0 Å². The van der Waals surface area contributed by atoms with Crippen LogP contribution in [-0.4, -0.2) is 51.7 Å². The monoisotopic (exact) mass is 325 g/mol. The minimum absolute atomic E-state index is 0.322. The fraction of sp³-hybridized carbons (Fsp3) is 0.389. The van der Waals surface area contributed by atoms with E-state index in [0.29, 0.717) is 17.3 Å². The van der Waals surface area contributed by atoms with E-state index in [9.17, 15) is 9.90 Å². The summed E-state index contributed by atoms with van der Waals surface area (Å²) in [6.07, 6.45) is 6.92. The van der Waals surface area contributed by atoms with E-state index in [1.54, 1.807) is 18.5 Å². The van der Waals surface area contributed by atoms with Gasteiger partial charge in [0, 0.05) is 49.9 Å². The first-order valence-electron chi connectivity index (χ1n) is 8.20. The molecule has 2 aliphatic rings. The summed E-state index contributed by atoms with van der Waals surface area (Å²) < 4.78 is 5.48. The van der Waals surface area contributed by atoms with Crippen molar-refractivity contribution in [2.75, 3.05) is 19.8 Å². The normalized spacial score (nSPS) is 20.8. The molecular formula is C18H19N3O3. The molecule has 6 nitrogen and oxygen atoms in total. The highest BCUT2D eigenvalue weighted by Crippen LogP contribution is 2.31. The molecule has 0 aromatic carbocycles.